The number of ether oxygens (including phenoxy) is 1. The number of carbonyl (C=O) groups is 1. The quantitative estimate of drug-likeness (QED) is 0.820. The van der Waals surface area contributed by atoms with Crippen LogP contribution in [0.4, 0.5) is 0 Å². The van der Waals surface area contributed by atoms with Gasteiger partial charge in [-0.3, -0.25) is 4.79 Å². The Bertz CT molecular complexity index is 375. The molecule has 0 bridgehead atoms. The summed E-state index contributed by atoms with van der Waals surface area (Å²) < 4.78 is 5.43. The van der Waals surface area contributed by atoms with Crippen molar-refractivity contribution in [2.24, 2.45) is 0 Å². The fourth-order valence-corrected chi connectivity index (χ4v) is 2.86. The number of thiophene rings is 1. The molecule has 1 saturated heterocycles. The van der Waals surface area contributed by atoms with E-state index in [-0.39, 0.29) is 11.8 Å². The van der Waals surface area contributed by atoms with Gasteiger partial charge < -0.3 is 10.1 Å². The van der Waals surface area contributed by atoms with Gasteiger partial charge in [0.15, 0.2) is 5.78 Å². The number of Topliss-reactive ketones (excluding diaryl/α,β-unsaturated/α-hetero) is 1. The topological polar surface area (TPSA) is 38.3 Å². The third kappa shape index (κ3) is 2.70. The molecule has 1 N–H and O–H groups in total. The van der Waals surface area contributed by atoms with Gasteiger partial charge in [-0.1, -0.05) is 0 Å². The summed E-state index contributed by atoms with van der Waals surface area (Å²) in [7, 11) is 0. The first kappa shape index (κ1) is 11.8. The summed E-state index contributed by atoms with van der Waals surface area (Å²) in [6, 6.07) is 2.50. The predicted octanol–water partition coefficient (Wildman–Crippen LogP) is 2.01. The minimum Gasteiger partial charge on any atom is -0.378 e. The van der Waals surface area contributed by atoms with Crippen molar-refractivity contribution >= 4 is 17.1 Å². The van der Waals surface area contributed by atoms with Gasteiger partial charge in [0.1, 0.15) is 0 Å². The number of ketones is 1. The van der Waals surface area contributed by atoms with Crippen molar-refractivity contribution in [3.05, 3.63) is 21.9 Å². The largest absolute Gasteiger partial charge is 0.378 e. The lowest BCUT2D eigenvalue weighted by Gasteiger charge is -2.28. The van der Waals surface area contributed by atoms with E-state index in [1.165, 1.54) is 11.3 Å². The lowest BCUT2D eigenvalue weighted by molar-refractivity contribution is 0.0464. The zero-order valence-electron chi connectivity index (χ0n) is 9.66. The molecule has 0 radical (unpaired) electrons. The molecule has 16 heavy (non-hydrogen) atoms. The number of hydrogen-bond donors (Lipinski definition) is 1. The van der Waals surface area contributed by atoms with Gasteiger partial charge in [0.2, 0.25) is 0 Å². The highest BCUT2D eigenvalue weighted by Crippen LogP contribution is 2.19. The van der Waals surface area contributed by atoms with Crippen LogP contribution in [0.2, 0.25) is 0 Å². The summed E-state index contributed by atoms with van der Waals surface area (Å²) in [6.07, 6.45) is 0.533. The van der Waals surface area contributed by atoms with Crippen LogP contribution in [0.3, 0.4) is 0 Å². The highest BCUT2D eigenvalue weighted by Gasteiger charge is 2.22. The van der Waals surface area contributed by atoms with Crippen molar-refractivity contribution < 1.29 is 9.53 Å². The Balaban J connectivity index is 1.95. The molecule has 0 aromatic carbocycles. The molecule has 88 valence electrons. The Labute approximate surface area is 99.8 Å². The molecule has 1 aromatic rings. The van der Waals surface area contributed by atoms with Gasteiger partial charge in [-0.25, -0.2) is 0 Å². The number of nitrogens with one attached hydrogen (secondary N) is 1. The molecule has 1 aliphatic heterocycles. The number of hydrogen-bond acceptors (Lipinski definition) is 4. The van der Waals surface area contributed by atoms with E-state index in [1.54, 1.807) is 0 Å². The van der Waals surface area contributed by atoms with E-state index in [9.17, 15) is 4.79 Å². The van der Waals surface area contributed by atoms with Crippen molar-refractivity contribution in [2.45, 2.75) is 32.4 Å². The SMILES string of the molecule is Cc1ccsc1C(=O)CC1COCC(C)N1. The minimum absolute atomic E-state index is 0.165. The van der Waals surface area contributed by atoms with Gasteiger partial charge in [-0.05, 0) is 30.9 Å². The molecule has 1 aromatic heterocycles. The average molecular weight is 239 g/mol. The van der Waals surface area contributed by atoms with Crippen LogP contribution in [0, 0.1) is 6.92 Å². The van der Waals surface area contributed by atoms with E-state index < -0.39 is 0 Å². The van der Waals surface area contributed by atoms with Crippen LogP contribution in [0.1, 0.15) is 28.6 Å². The van der Waals surface area contributed by atoms with Crippen molar-refractivity contribution in [3.63, 3.8) is 0 Å². The molecule has 1 aliphatic rings. The maximum Gasteiger partial charge on any atom is 0.174 e. The van der Waals surface area contributed by atoms with Gasteiger partial charge in [0.25, 0.3) is 0 Å². The molecule has 0 spiro atoms. The van der Waals surface area contributed by atoms with E-state index >= 15 is 0 Å². The van der Waals surface area contributed by atoms with Crippen molar-refractivity contribution in [2.75, 3.05) is 13.2 Å². The van der Waals surface area contributed by atoms with Crippen molar-refractivity contribution in [3.8, 4) is 0 Å². The fraction of sp³-hybridized carbons (Fsp3) is 0.583. The van der Waals surface area contributed by atoms with Crippen LogP contribution < -0.4 is 5.32 Å². The Hall–Kier alpha value is -0.710. The molecule has 4 heteroatoms. The molecular weight excluding hydrogens is 222 g/mol. The third-order valence-electron chi connectivity index (χ3n) is 2.75. The standard InChI is InChI=1S/C12H17NO2S/c1-8-3-4-16-12(8)11(14)5-10-7-15-6-9(2)13-10/h3-4,9-10,13H,5-7H2,1-2H3. The maximum atomic E-state index is 12.0. The molecule has 2 rings (SSSR count). The summed E-state index contributed by atoms with van der Waals surface area (Å²) in [4.78, 5) is 12.9. The molecule has 2 heterocycles. The summed E-state index contributed by atoms with van der Waals surface area (Å²) in [5.74, 6) is 0.225. The van der Waals surface area contributed by atoms with Gasteiger partial charge in [0.05, 0.1) is 18.1 Å². The van der Waals surface area contributed by atoms with Crippen LogP contribution in [-0.4, -0.2) is 31.1 Å². The first-order valence-corrected chi connectivity index (χ1v) is 6.46. The zero-order chi connectivity index (χ0) is 11.5. The molecule has 2 unspecified atom stereocenters. The molecule has 3 nitrogen and oxygen atoms in total. The smallest absolute Gasteiger partial charge is 0.174 e. The monoisotopic (exact) mass is 239 g/mol. The van der Waals surface area contributed by atoms with E-state index in [4.69, 9.17) is 4.74 Å². The molecular formula is C12H17NO2S. The van der Waals surface area contributed by atoms with Gasteiger partial charge in [0, 0.05) is 18.5 Å². The van der Waals surface area contributed by atoms with Crippen LogP contribution in [0.15, 0.2) is 11.4 Å². The Kier molecular flexibility index (Phi) is 3.74. The molecule has 0 aliphatic carbocycles. The first-order chi connectivity index (χ1) is 7.66. The summed E-state index contributed by atoms with van der Waals surface area (Å²) in [5.41, 5.74) is 1.08. The fourth-order valence-electron chi connectivity index (χ4n) is 1.98. The Morgan fingerprint density at radius 2 is 2.44 bits per heavy atom. The lowest BCUT2D eigenvalue weighted by atomic mass is 10.1. The predicted molar refractivity (Wildman–Crippen MR) is 65.2 cm³/mol. The number of rotatable bonds is 3. The second-order valence-corrected chi connectivity index (χ2v) is 5.28. The van der Waals surface area contributed by atoms with Gasteiger partial charge in [-0.2, -0.15) is 0 Å². The maximum absolute atomic E-state index is 12.0. The summed E-state index contributed by atoms with van der Waals surface area (Å²) >= 11 is 1.53. The highest BCUT2D eigenvalue weighted by molar-refractivity contribution is 7.12. The van der Waals surface area contributed by atoms with E-state index in [2.05, 4.69) is 12.2 Å². The molecule has 0 saturated carbocycles. The second kappa shape index (κ2) is 5.08. The van der Waals surface area contributed by atoms with Gasteiger partial charge in [-0.15, -0.1) is 11.3 Å². The average Bonchev–Trinajstić information content (AvgIpc) is 2.64. The van der Waals surface area contributed by atoms with Crippen LogP contribution in [-0.2, 0) is 4.74 Å². The Morgan fingerprint density at radius 1 is 1.62 bits per heavy atom. The molecule has 0 amide bonds. The van der Waals surface area contributed by atoms with Gasteiger partial charge >= 0.3 is 0 Å². The lowest BCUT2D eigenvalue weighted by Crippen LogP contribution is -2.48. The van der Waals surface area contributed by atoms with E-state index in [0.717, 1.165) is 17.0 Å². The molecule has 2 atom stereocenters. The van der Waals surface area contributed by atoms with E-state index in [0.29, 0.717) is 19.1 Å². The van der Waals surface area contributed by atoms with Crippen molar-refractivity contribution in [1.29, 1.82) is 0 Å². The zero-order valence-corrected chi connectivity index (χ0v) is 10.5. The number of carbonyl (C=O) groups excluding carboxylic acids is 1. The number of aryl methyl sites for hydroxylation is 1. The van der Waals surface area contributed by atoms with Crippen LogP contribution in [0.5, 0.6) is 0 Å². The highest BCUT2D eigenvalue weighted by atomic mass is 32.1. The third-order valence-corrected chi connectivity index (χ3v) is 3.81. The minimum atomic E-state index is 0.165. The first-order valence-electron chi connectivity index (χ1n) is 5.58. The Morgan fingerprint density at radius 3 is 3.06 bits per heavy atom. The normalized spacial score (nSPS) is 25.6. The van der Waals surface area contributed by atoms with Crippen LogP contribution >= 0.6 is 11.3 Å². The second-order valence-electron chi connectivity index (χ2n) is 4.36. The van der Waals surface area contributed by atoms with Crippen LogP contribution in [0.25, 0.3) is 0 Å². The van der Waals surface area contributed by atoms with E-state index in [1.807, 2.05) is 18.4 Å². The van der Waals surface area contributed by atoms with Crippen molar-refractivity contribution in [1.82, 2.24) is 5.32 Å². The molecule has 1 fully saturated rings. The summed E-state index contributed by atoms with van der Waals surface area (Å²) in [5, 5.41) is 5.36. The summed E-state index contributed by atoms with van der Waals surface area (Å²) in [6.45, 7) is 5.44. The number of morpholine rings is 1.